The average molecular weight is 298 g/mol. The number of hydrogen-bond donors (Lipinski definition) is 1. The van der Waals surface area contributed by atoms with Crippen LogP contribution in [0.5, 0.6) is 0 Å². The third-order valence-electron chi connectivity index (χ3n) is 4.17. The fourth-order valence-electron chi connectivity index (χ4n) is 2.89. The lowest BCUT2D eigenvalue weighted by atomic mass is 10.1. The van der Waals surface area contributed by atoms with Gasteiger partial charge in [-0.3, -0.25) is 4.98 Å². The molecule has 2 atom stereocenters. The second kappa shape index (κ2) is 6.63. The molecule has 0 saturated carbocycles. The van der Waals surface area contributed by atoms with E-state index in [0.29, 0.717) is 0 Å². The van der Waals surface area contributed by atoms with E-state index in [1.165, 1.54) is 35.3 Å². The summed E-state index contributed by atoms with van der Waals surface area (Å²) in [7, 11) is 0. The lowest BCUT2D eigenvalue weighted by molar-refractivity contribution is 0.624. The van der Waals surface area contributed by atoms with Crippen molar-refractivity contribution in [2.24, 2.45) is 5.73 Å². The highest BCUT2D eigenvalue weighted by Crippen LogP contribution is 2.38. The number of aromatic nitrogens is 1. The minimum Gasteiger partial charge on any atom is -0.326 e. The molecule has 0 bridgehead atoms. The van der Waals surface area contributed by atoms with Crippen molar-refractivity contribution >= 4 is 11.8 Å². The predicted molar refractivity (Wildman–Crippen MR) is 89.6 cm³/mol. The van der Waals surface area contributed by atoms with Crippen molar-refractivity contribution in [2.75, 3.05) is 0 Å². The predicted octanol–water partition coefficient (Wildman–Crippen LogP) is 4.14. The summed E-state index contributed by atoms with van der Waals surface area (Å²) < 4.78 is 0. The molecule has 0 saturated heterocycles. The van der Waals surface area contributed by atoms with Gasteiger partial charge in [0.2, 0.25) is 0 Å². The van der Waals surface area contributed by atoms with Gasteiger partial charge in [0.05, 0.1) is 10.9 Å². The molecule has 1 aliphatic carbocycles. The summed E-state index contributed by atoms with van der Waals surface area (Å²) in [5.41, 5.74) is 10.5. The largest absolute Gasteiger partial charge is 0.326 e. The van der Waals surface area contributed by atoms with Crippen LogP contribution in [0.25, 0.3) is 0 Å². The second-order valence-electron chi connectivity index (χ2n) is 5.65. The normalized spacial score (nSPS) is 16.5. The van der Waals surface area contributed by atoms with E-state index in [1.807, 2.05) is 30.1 Å². The molecule has 0 radical (unpaired) electrons. The first kappa shape index (κ1) is 14.6. The van der Waals surface area contributed by atoms with Gasteiger partial charge in [-0.25, -0.2) is 0 Å². The third-order valence-corrected chi connectivity index (χ3v) is 5.54. The van der Waals surface area contributed by atoms with Crippen LogP contribution in [0.3, 0.4) is 0 Å². The van der Waals surface area contributed by atoms with Crippen LogP contribution in [0.1, 0.15) is 41.8 Å². The number of benzene rings is 1. The molecule has 0 spiro atoms. The van der Waals surface area contributed by atoms with E-state index in [9.17, 15) is 0 Å². The Kier molecular flexibility index (Phi) is 4.61. The first-order valence-corrected chi connectivity index (χ1v) is 8.61. The molecule has 1 aromatic carbocycles. The maximum absolute atomic E-state index is 6.35. The van der Waals surface area contributed by atoms with Crippen molar-refractivity contribution in [1.82, 2.24) is 4.98 Å². The summed E-state index contributed by atoms with van der Waals surface area (Å²) in [6.07, 6.45) is 6.56. The highest BCUT2D eigenvalue weighted by atomic mass is 32.2. The zero-order valence-electron chi connectivity index (χ0n) is 12.5. The van der Waals surface area contributed by atoms with Gasteiger partial charge in [-0.15, -0.1) is 11.8 Å². The van der Waals surface area contributed by atoms with E-state index in [4.69, 9.17) is 5.73 Å². The average Bonchev–Trinajstić information content (AvgIpc) is 3.00. The quantitative estimate of drug-likeness (QED) is 0.843. The fraction of sp³-hybridized carbons (Fsp3) is 0.389. The Labute approximate surface area is 131 Å². The smallest absolute Gasteiger partial charge is 0.0668 e. The molecule has 2 unspecified atom stereocenters. The Hall–Kier alpha value is -1.32. The molecule has 2 aromatic rings. The monoisotopic (exact) mass is 298 g/mol. The van der Waals surface area contributed by atoms with Crippen LogP contribution >= 0.6 is 11.8 Å². The van der Waals surface area contributed by atoms with Crippen LogP contribution in [0.2, 0.25) is 0 Å². The molecule has 1 aromatic heterocycles. The van der Waals surface area contributed by atoms with Crippen LogP contribution in [0.4, 0.5) is 0 Å². The molecule has 0 aliphatic heterocycles. The Morgan fingerprint density at radius 2 is 2.05 bits per heavy atom. The Morgan fingerprint density at radius 1 is 1.19 bits per heavy atom. The second-order valence-corrected chi connectivity index (χ2v) is 6.86. The summed E-state index contributed by atoms with van der Waals surface area (Å²) >= 11 is 1.85. The SMILES string of the molecule is CCC(N)C(Sc1ccc2c(c1)CCC2)c1ccccn1. The molecule has 3 heteroatoms. The van der Waals surface area contributed by atoms with Crippen molar-refractivity contribution in [3.63, 3.8) is 0 Å². The van der Waals surface area contributed by atoms with Gasteiger partial charge in [-0.2, -0.15) is 0 Å². The van der Waals surface area contributed by atoms with Crippen molar-refractivity contribution in [1.29, 1.82) is 0 Å². The highest BCUT2D eigenvalue weighted by molar-refractivity contribution is 7.99. The number of nitrogens with two attached hydrogens (primary N) is 1. The summed E-state index contributed by atoms with van der Waals surface area (Å²) in [5.74, 6) is 0. The molecule has 0 fully saturated rings. The molecule has 1 heterocycles. The van der Waals surface area contributed by atoms with E-state index in [0.717, 1.165) is 12.1 Å². The van der Waals surface area contributed by atoms with Gasteiger partial charge in [-0.1, -0.05) is 19.1 Å². The number of rotatable bonds is 5. The van der Waals surface area contributed by atoms with Crippen molar-refractivity contribution in [2.45, 2.75) is 48.8 Å². The maximum Gasteiger partial charge on any atom is 0.0668 e. The summed E-state index contributed by atoms with van der Waals surface area (Å²) in [6, 6.07) is 13.1. The van der Waals surface area contributed by atoms with Gasteiger partial charge in [0.15, 0.2) is 0 Å². The van der Waals surface area contributed by atoms with Crippen LogP contribution in [0, 0.1) is 0 Å². The minimum absolute atomic E-state index is 0.123. The van der Waals surface area contributed by atoms with Gasteiger partial charge in [0.25, 0.3) is 0 Å². The van der Waals surface area contributed by atoms with Crippen LogP contribution in [-0.4, -0.2) is 11.0 Å². The fourth-order valence-corrected chi connectivity index (χ4v) is 4.17. The molecule has 0 amide bonds. The first-order chi connectivity index (χ1) is 10.3. The standard InChI is InChI=1S/C18H22N2S/c1-2-16(19)18(17-8-3-4-11-20-17)21-15-10-9-13-6-5-7-14(13)12-15/h3-4,8-12,16,18H,2,5-7,19H2,1H3. The number of pyridine rings is 1. The van der Waals surface area contributed by atoms with Gasteiger partial charge in [0.1, 0.15) is 0 Å². The van der Waals surface area contributed by atoms with Gasteiger partial charge < -0.3 is 5.73 Å². The molecule has 110 valence electrons. The van der Waals surface area contributed by atoms with Gasteiger partial charge in [-0.05, 0) is 61.1 Å². The third kappa shape index (κ3) is 3.30. The molecule has 2 nitrogen and oxygen atoms in total. The zero-order chi connectivity index (χ0) is 14.7. The highest BCUT2D eigenvalue weighted by Gasteiger charge is 2.22. The van der Waals surface area contributed by atoms with E-state index in [-0.39, 0.29) is 11.3 Å². The zero-order valence-corrected chi connectivity index (χ0v) is 13.3. The lowest BCUT2D eigenvalue weighted by Crippen LogP contribution is -2.26. The molecule has 3 rings (SSSR count). The topological polar surface area (TPSA) is 38.9 Å². The number of thioether (sulfide) groups is 1. The number of aryl methyl sites for hydroxylation is 2. The first-order valence-electron chi connectivity index (χ1n) is 7.73. The van der Waals surface area contributed by atoms with Gasteiger partial charge >= 0.3 is 0 Å². The molecule has 2 N–H and O–H groups in total. The van der Waals surface area contributed by atoms with E-state index in [1.54, 1.807) is 0 Å². The van der Waals surface area contributed by atoms with Crippen LogP contribution in [0.15, 0.2) is 47.5 Å². The Morgan fingerprint density at radius 3 is 2.81 bits per heavy atom. The van der Waals surface area contributed by atoms with Crippen molar-refractivity contribution < 1.29 is 0 Å². The summed E-state index contributed by atoms with van der Waals surface area (Å²) in [4.78, 5) is 5.83. The molecule has 21 heavy (non-hydrogen) atoms. The van der Waals surface area contributed by atoms with E-state index < -0.39 is 0 Å². The van der Waals surface area contributed by atoms with E-state index in [2.05, 4.69) is 36.2 Å². The van der Waals surface area contributed by atoms with Crippen LogP contribution in [-0.2, 0) is 12.8 Å². The number of nitrogens with zero attached hydrogens (tertiary/aromatic N) is 1. The lowest BCUT2D eigenvalue weighted by Gasteiger charge is -2.22. The Balaban J connectivity index is 1.85. The Bertz CT molecular complexity index is 597. The molecular formula is C18H22N2S. The van der Waals surface area contributed by atoms with Crippen molar-refractivity contribution in [3.8, 4) is 0 Å². The minimum atomic E-state index is 0.123. The molecular weight excluding hydrogens is 276 g/mol. The molecule has 1 aliphatic rings. The van der Waals surface area contributed by atoms with E-state index >= 15 is 0 Å². The summed E-state index contributed by atoms with van der Waals surface area (Å²) in [5, 5.41) is 0.218. The van der Waals surface area contributed by atoms with Crippen LogP contribution < -0.4 is 5.73 Å². The number of fused-ring (bicyclic) bond motifs is 1. The van der Waals surface area contributed by atoms with Gasteiger partial charge in [0, 0.05) is 17.1 Å². The maximum atomic E-state index is 6.35. The van der Waals surface area contributed by atoms with Crippen molar-refractivity contribution in [3.05, 3.63) is 59.4 Å². The number of hydrogen-bond acceptors (Lipinski definition) is 3. The summed E-state index contributed by atoms with van der Waals surface area (Å²) in [6.45, 7) is 2.14.